The molecule has 0 bridgehead atoms. The summed E-state index contributed by atoms with van der Waals surface area (Å²) in [4.78, 5) is 4.24. The van der Waals surface area contributed by atoms with E-state index in [4.69, 9.17) is 0 Å². The van der Waals surface area contributed by atoms with E-state index in [-0.39, 0.29) is 25.5 Å². The van der Waals surface area contributed by atoms with E-state index in [1.807, 2.05) is 0 Å². The number of fused-ring (bicyclic) bond motifs is 2. The molecule has 0 unspecified atom stereocenters. The molecule has 1 radical (unpaired) electrons. The van der Waals surface area contributed by atoms with Gasteiger partial charge >= 0.3 is 6.18 Å². The van der Waals surface area contributed by atoms with Gasteiger partial charge in [0.15, 0.2) is 0 Å². The van der Waals surface area contributed by atoms with Gasteiger partial charge in [-0.05, 0) is 39.6 Å². The van der Waals surface area contributed by atoms with Crippen molar-refractivity contribution < 1.29 is 37.7 Å². The largest absolute Gasteiger partial charge is 0.416 e. The van der Waals surface area contributed by atoms with Gasteiger partial charge < -0.3 is 4.98 Å². The maximum atomic E-state index is 14.5. The van der Waals surface area contributed by atoms with Crippen molar-refractivity contribution in [2.24, 2.45) is 0 Å². The van der Waals surface area contributed by atoms with Crippen LogP contribution in [0.25, 0.3) is 22.0 Å². The van der Waals surface area contributed by atoms with Crippen molar-refractivity contribution in [1.82, 2.24) is 4.98 Å². The summed E-state index contributed by atoms with van der Waals surface area (Å²) in [5, 5.41) is 0.507. The molecule has 25 heavy (non-hydrogen) atoms. The minimum absolute atomic E-state index is 0. The summed E-state index contributed by atoms with van der Waals surface area (Å²) in [7, 11) is 0. The Morgan fingerprint density at radius 2 is 1.80 bits per heavy atom. The number of hydrogen-bond acceptors (Lipinski definition) is 1. The molecule has 0 amide bonds. The molecule has 0 atom stereocenters. The van der Waals surface area contributed by atoms with Gasteiger partial charge in [0, 0.05) is 32.1 Å². The van der Waals surface area contributed by atoms with E-state index in [2.05, 4.69) is 11.1 Å². The van der Waals surface area contributed by atoms with Gasteiger partial charge in [0.05, 0.1) is 5.56 Å². The second kappa shape index (κ2) is 5.61. The van der Waals surface area contributed by atoms with E-state index < -0.39 is 23.0 Å². The summed E-state index contributed by atoms with van der Waals surface area (Å²) in [6.07, 6.45) is -3.13. The SMILES string of the molecule is CC1(C)c2c([c-]ccc2F)-c2nccc3c(C(F)(F)F)ccc1c23.[Ir]. The van der Waals surface area contributed by atoms with Gasteiger partial charge in [0.1, 0.15) is 0 Å². The average Bonchev–Trinajstić information content (AvgIpc) is 2.50. The van der Waals surface area contributed by atoms with Crippen molar-refractivity contribution in [3.05, 3.63) is 65.1 Å². The van der Waals surface area contributed by atoms with Crippen LogP contribution in [-0.2, 0) is 31.7 Å². The van der Waals surface area contributed by atoms with E-state index >= 15 is 0 Å². The first-order chi connectivity index (χ1) is 11.2. The molecule has 0 saturated carbocycles. The van der Waals surface area contributed by atoms with Crippen LogP contribution in [0.2, 0.25) is 0 Å². The van der Waals surface area contributed by atoms with Crippen LogP contribution in [0.5, 0.6) is 0 Å². The Bertz CT molecular complexity index is 993. The monoisotopic (exact) mass is 523 g/mol. The molecule has 0 fully saturated rings. The molecular formula is C19H12F4IrN-. The zero-order chi connectivity index (χ0) is 17.3. The zero-order valence-corrected chi connectivity index (χ0v) is 15.7. The fraction of sp³-hybridized carbons (Fsp3) is 0.211. The molecule has 1 nitrogen and oxygen atoms in total. The Hall–Kier alpha value is -1.78. The van der Waals surface area contributed by atoms with Crippen molar-refractivity contribution in [3.63, 3.8) is 0 Å². The minimum atomic E-state index is -4.47. The van der Waals surface area contributed by atoms with Crippen LogP contribution in [-0.4, -0.2) is 4.98 Å². The van der Waals surface area contributed by atoms with Crippen LogP contribution >= 0.6 is 0 Å². The quantitative estimate of drug-likeness (QED) is 0.281. The number of halogens is 4. The maximum Gasteiger partial charge on any atom is 0.416 e. The smallest absolute Gasteiger partial charge is 0.304 e. The summed E-state index contributed by atoms with van der Waals surface area (Å²) in [5.41, 5.74) is 0.340. The Morgan fingerprint density at radius 1 is 1.08 bits per heavy atom. The molecule has 0 spiro atoms. The summed E-state index contributed by atoms with van der Waals surface area (Å²) in [6.45, 7) is 3.61. The van der Waals surface area contributed by atoms with Gasteiger partial charge in [-0.3, -0.25) is 0 Å². The van der Waals surface area contributed by atoms with Crippen molar-refractivity contribution in [2.75, 3.05) is 0 Å². The third kappa shape index (κ3) is 2.42. The van der Waals surface area contributed by atoms with E-state index in [9.17, 15) is 17.6 Å². The number of rotatable bonds is 0. The van der Waals surface area contributed by atoms with Gasteiger partial charge in [-0.2, -0.15) is 13.2 Å². The predicted octanol–water partition coefficient (Wildman–Crippen LogP) is 5.50. The van der Waals surface area contributed by atoms with Gasteiger partial charge in [-0.25, -0.2) is 4.39 Å². The van der Waals surface area contributed by atoms with Gasteiger partial charge in [-0.15, -0.1) is 23.8 Å². The molecule has 1 heterocycles. The summed E-state index contributed by atoms with van der Waals surface area (Å²) in [5.74, 6) is -0.405. The zero-order valence-electron chi connectivity index (χ0n) is 13.3. The number of aromatic nitrogens is 1. The molecule has 3 aromatic rings. The second-order valence-corrected chi connectivity index (χ2v) is 6.44. The van der Waals surface area contributed by atoms with Crippen LogP contribution in [0.4, 0.5) is 17.6 Å². The Labute approximate surface area is 155 Å². The van der Waals surface area contributed by atoms with Crippen molar-refractivity contribution >= 4 is 10.8 Å². The Kier molecular flexibility index (Phi) is 4.05. The number of pyridine rings is 1. The molecule has 0 aliphatic heterocycles. The molecule has 1 aromatic heterocycles. The number of alkyl halides is 3. The molecule has 2 aromatic carbocycles. The summed E-state index contributed by atoms with van der Waals surface area (Å²) < 4.78 is 54.6. The molecule has 1 aliphatic rings. The number of hydrogen-bond donors (Lipinski definition) is 0. The third-order valence-electron chi connectivity index (χ3n) is 4.71. The first kappa shape index (κ1) is 18.0. The standard InChI is InChI=1S/C19H12F4N.Ir/c1-18(2)13-7-6-12(19(21,22)23)10-8-9-24-17(15(10)13)11-4-3-5-14(20)16(11)18;/h3,5-9H,1-2H3;/q-1;. The van der Waals surface area contributed by atoms with E-state index in [0.29, 0.717) is 27.8 Å². The molecular weight excluding hydrogens is 510 g/mol. The Balaban J connectivity index is 0.00000182. The summed E-state index contributed by atoms with van der Waals surface area (Å²) in [6, 6.07) is 9.58. The van der Waals surface area contributed by atoms with E-state index in [0.717, 1.165) is 6.07 Å². The van der Waals surface area contributed by atoms with Crippen molar-refractivity contribution in [3.8, 4) is 11.3 Å². The molecule has 0 saturated heterocycles. The van der Waals surface area contributed by atoms with Gasteiger partial charge in [0.2, 0.25) is 0 Å². The first-order valence-electron chi connectivity index (χ1n) is 7.43. The fourth-order valence-corrected chi connectivity index (χ4v) is 3.66. The topological polar surface area (TPSA) is 12.9 Å². The van der Waals surface area contributed by atoms with Gasteiger partial charge in [0.25, 0.3) is 0 Å². The van der Waals surface area contributed by atoms with E-state index in [1.54, 1.807) is 13.8 Å². The second-order valence-electron chi connectivity index (χ2n) is 6.44. The molecule has 131 valence electrons. The van der Waals surface area contributed by atoms with E-state index in [1.165, 1.54) is 30.5 Å². The van der Waals surface area contributed by atoms with Crippen molar-refractivity contribution in [1.29, 1.82) is 0 Å². The predicted molar refractivity (Wildman–Crippen MR) is 83.1 cm³/mol. The van der Waals surface area contributed by atoms with Crippen molar-refractivity contribution in [2.45, 2.75) is 25.4 Å². The maximum absolute atomic E-state index is 14.5. The summed E-state index contributed by atoms with van der Waals surface area (Å²) >= 11 is 0. The molecule has 1 aliphatic carbocycles. The van der Waals surface area contributed by atoms with Crippen LogP contribution < -0.4 is 0 Å². The normalized spacial score (nSPS) is 14.8. The van der Waals surface area contributed by atoms with Crippen LogP contribution in [0.1, 0.15) is 30.5 Å². The van der Waals surface area contributed by atoms with Crippen LogP contribution in [0.15, 0.2) is 36.5 Å². The third-order valence-corrected chi connectivity index (χ3v) is 4.71. The van der Waals surface area contributed by atoms with Crippen LogP contribution in [0.3, 0.4) is 0 Å². The minimum Gasteiger partial charge on any atom is -0.304 e. The fourth-order valence-electron chi connectivity index (χ4n) is 3.66. The molecule has 0 N–H and O–H groups in total. The van der Waals surface area contributed by atoms with Crippen LogP contribution in [0, 0.1) is 11.9 Å². The Morgan fingerprint density at radius 3 is 2.48 bits per heavy atom. The first-order valence-corrected chi connectivity index (χ1v) is 7.43. The number of benzene rings is 2. The van der Waals surface area contributed by atoms with Gasteiger partial charge in [-0.1, -0.05) is 25.5 Å². The molecule has 4 rings (SSSR count). The average molecular weight is 523 g/mol. The number of nitrogens with zero attached hydrogens (tertiary/aromatic N) is 1. The molecule has 6 heteroatoms.